The van der Waals surface area contributed by atoms with Gasteiger partial charge < -0.3 is 0 Å². The molecule has 0 amide bonds. The van der Waals surface area contributed by atoms with Gasteiger partial charge in [-0.3, -0.25) is 9.67 Å². The molecule has 0 aliphatic carbocycles. The van der Waals surface area contributed by atoms with Gasteiger partial charge in [-0.05, 0) is 36.5 Å². The molecule has 0 spiro atoms. The van der Waals surface area contributed by atoms with Gasteiger partial charge in [-0.25, -0.2) is 8.42 Å². The van der Waals surface area contributed by atoms with Crippen LogP contribution in [0.5, 0.6) is 0 Å². The molecule has 1 N–H and O–H groups in total. The maximum Gasteiger partial charge on any atom is 0.200 e. The van der Waals surface area contributed by atoms with Crippen molar-refractivity contribution in [3.05, 3.63) is 59.4 Å². The summed E-state index contributed by atoms with van der Waals surface area (Å²) in [7, 11) is -3.22. The van der Waals surface area contributed by atoms with Gasteiger partial charge in [0.2, 0.25) is 0 Å². The molecule has 3 rings (SSSR count). The summed E-state index contributed by atoms with van der Waals surface area (Å²) in [6.45, 7) is 0. The molecule has 3 aromatic rings. The quantitative estimate of drug-likeness (QED) is 0.749. The van der Waals surface area contributed by atoms with Gasteiger partial charge in [0.25, 0.3) is 0 Å². The van der Waals surface area contributed by atoms with Crippen LogP contribution in [0, 0.1) is 4.77 Å². The third-order valence-corrected chi connectivity index (χ3v) is 4.63. The number of rotatable bonds is 3. The summed E-state index contributed by atoms with van der Waals surface area (Å²) in [6, 6.07) is 16.2. The van der Waals surface area contributed by atoms with E-state index in [1.165, 1.54) is 6.26 Å². The number of aromatic amines is 1. The lowest BCUT2D eigenvalue weighted by Crippen LogP contribution is -2.00. The van der Waals surface area contributed by atoms with Gasteiger partial charge in [0.1, 0.15) is 0 Å². The Morgan fingerprint density at radius 3 is 2.27 bits per heavy atom. The van der Waals surface area contributed by atoms with E-state index in [0.29, 0.717) is 10.6 Å². The Kier molecular flexibility index (Phi) is 3.67. The highest BCUT2D eigenvalue weighted by Gasteiger charge is 2.12. The van der Waals surface area contributed by atoms with Gasteiger partial charge in [-0.2, -0.15) is 5.10 Å². The zero-order valence-corrected chi connectivity index (χ0v) is 13.4. The lowest BCUT2D eigenvalue weighted by Gasteiger charge is -2.07. The Labute approximate surface area is 133 Å². The molecule has 22 heavy (non-hydrogen) atoms. The number of aromatic nitrogens is 3. The van der Waals surface area contributed by atoms with E-state index >= 15 is 0 Å². The molecule has 1 aromatic heterocycles. The normalized spacial score (nSPS) is 11.5. The Balaban J connectivity index is 2.14. The fraction of sp³-hybridized carbons (Fsp3) is 0.0667. The van der Waals surface area contributed by atoms with Gasteiger partial charge in [-0.1, -0.05) is 30.3 Å². The Hall–Kier alpha value is -2.25. The van der Waals surface area contributed by atoms with Crippen LogP contribution in [0.1, 0.15) is 0 Å². The summed E-state index contributed by atoms with van der Waals surface area (Å²) in [5.41, 5.74) is 1.67. The molecule has 0 aliphatic rings. The minimum absolute atomic E-state index is 0.271. The molecule has 0 atom stereocenters. The number of benzene rings is 2. The second-order valence-electron chi connectivity index (χ2n) is 4.82. The predicted molar refractivity (Wildman–Crippen MR) is 87.3 cm³/mol. The Bertz CT molecular complexity index is 956. The predicted octanol–water partition coefficient (Wildman–Crippen LogP) is 3.00. The topological polar surface area (TPSA) is 67.8 Å². The highest BCUT2D eigenvalue weighted by atomic mass is 32.2. The minimum atomic E-state index is -3.22. The Morgan fingerprint density at radius 2 is 1.68 bits per heavy atom. The molecule has 0 saturated carbocycles. The first-order valence-corrected chi connectivity index (χ1v) is 8.80. The summed E-state index contributed by atoms with van der Waals surface area (Å²) in [6.07, 6.45) is 1.18. The molecule has 0 bridgehead atoms. The van der Waals surface area contributed by atoms with E-state index in [1.807, 2.05) is 30.3 Å². The van der Waals surface area contributed by atoms with Crippen molar-refractivity contribution >= 4 is 22.1 Å². The molecule has 0 radical (unpaired) electrons. The summed E-state index contributed by atoms with van der Waals surface area (Å²) < 4.78 is 25.3. The monoisotopic (exact) mass is 331 g/mol. The zero-order chi connectivity index (χ0) is 15.7. The maximum absolute atomic E-state index is 11.5. The Morgan fingerprint density at radius 1 is 1.05 bits per heavy atom. The van der Waals surface area contributed by atoms with E-state index in [0.717, 1.165) is 11.3 Å². The number of nitrogens with one attached hydrogen (secondary N) is 1. The average molecular weight is 331 g/mol. The molecule has 2 aromatic carbocycles. The molecule has 0 fully saturated rings. The van der Waals surface area contributed by atoms with Gasteiger partial charge in [0, 0.05) is 11.8 Å². The van der Waals surface area contributed by atoms with Crippen LogP contribution in [-0.2, 0) is 9.84 Å². The highest BCUT2D eigenvalue weighted by molar-refractivity contribution is 7.90. The van der Waals surface area contributed by atoms with E-state index in [1.54, 1.807) is 28.8 Å². The third-order valence-electron chi connectivity index (χ3n) is 3.23. The van der Waals surface area contributed by atoms with Gasteiger partial charge in [-0.15, -0.1) is 0 Å². The van der Waals surface area contributed by atoms with E-state index < -0.39 is 9.84 Å². The smallest absolute Gasteiger partial charge is 0.200 e. The van der Waals surface area contributed by atoms with Crippen molar-refractivity contribution in [2.24, 2.45) is 0 Å². The van der Waals surface area contributed by atoms with Crippen molar-refractivity contribution in [1.82, 2.24) is 14.8 Å². The van der Waals surface area contributed by atoms with Gasteiger partial charge in [0.05, 0.1) is 10.6 Å². The van der Waals surface area contributed by atoms with Crippen LogP contribution in [0.4, 0.5) is 0 Å². The lowest BCUT2D eigenvalue weighted by molar-refractivity contribution is 0.602. The molecule has 0 aliphatic heterocycles. The molecule has 5 nitrogen and oxygen atoms in total. The number of hydrogen-bond donors (Lipinski definition) is 1. The second-order valence-corrected chi connectivity index (χ2v) is 7.22. The van der Waals surface area contributed by atoms with Crippen LogP contribution in [0.25, 0.3) is 17.1 Å². The first kappa shape index (κ1) is 14.7. The zero-order valence-electron chi connectivity index (χ0n) is 11.7. The van der Waals surface area contributed by atoms with E-state index in [2.05, 4.69) is 10.2 Å². The van der Waals surface area contributed by atoms with Crippen molar-refractivity contribution in [2.75, 3.05) is 6.26 Å². The molecular weight excluding hydrogens is 318 g/mol. The van der Waals surface area contributed by atoms with Crippen molar-refractivity contribution < 1.29 is 8.42 Å². The van der Waals surface area contributed by atoms with Crippen molar-refractivity contribution in [2.45, 2.75) is 4.90 Å². The second kappa shape index (κ2) is 5.51. The molecular formula is C15H13N3O2S2. The van der Waals surface area contributed by atoms with Crippen molar-refractivity contribution in [3.63, 3.8) is 0 Å². The van der Waals surface area contributed by atoms with Crippen molar-refractivity contribution in [3.8, 4) is 17.1 Å². The van der Waals surface area contributed by atoms with Crippen LogP contribution < -0.4 is 0 Å². The van der Waals surface area contributed by atoms with Crippen LogP contribution in [0.2, 0.25) is 0 Å². The summed E-state index contributed by atoms with van der Waals surface area (Å²) in [5, 5.41) is 7.04. The molecule has 1 heterocycles. The van der Waals surface area contributed by atoms with Crippen molar-refractivity contribution in [1.29, 1.82) is 0 Å². The highest BCUT2D eigenvalue weighted by Crippen LogP contribution is 2.22. The molecule has 7 heteroatoms. The van der Waals surface area contributed by atoms with E-state index in [4.69, 9.17) is 12.2 Å². The fourth-order valence-electron chi connectivity index (χ4n) is 2.16. The number of nitrogens with zero attached hydrogens (tertiary/aromatic N) is 2. The van der Waals surface area contributed by atoms with Gasteiger partial charge in [0.15, 0.2) is 20.4 Å². The largest absolute Gasteiger partial charge is 0.268 e. The SMILES string of the molecule is CS(=O)(=O)c1ccc(-n2c(-c3ccccc3)n[nH]c2=S)cc1. The summed E-state index contributed by atoms with van der Waals surface area (Å²) >= 11 is 5.29. The first-order valence-electron chi connectivity index (χ1n) is 6.50. The number of H-pyrrole nitrogens is 1. The molecule has 0 saturated heterocycles. The number of sulfone groups is 1. The standard InChI is InChI=1S/C15H13N3O2S2/c1-22(19,20)13-9-7-12(8-10-13)18-14(16-17-15(18)21)11-5-3-2-4-6-11/h2-10H,1H3,(H,17,21). The number of hydrogen-bond acceptors (Lipinski definition) is 4. The van der Waals surface area contributed by atoms with Gasteiger partial charge >= 0.3 is 0 Å². The molecule has 112 valence electrons. The van der Waals surface area contributed by atoms with Crippen LogP contribution in [0.3, 0.4) is 0 Å². The van der Waals surface area contributed by atoms with E-state index in [9.17, 15) is 8.42 Å². The van der Waals surface area contributed by atoms with Crippen LogP contribution in [0.15, 0.2) is 59.5 Å². The van der Waals surface area contributed by atoms with Crippen LogP contribution in [-0.4, -0.2) is 29.4 Å². The lowest BCUT2D eigenvalue weighted by atomic mass is 10.2. The summed E-state index contributed by atoms with van der Waals surface area (Å²) in [4.78, 5) is 0.271. The summed E-state index contributed by atoms with van der Waals surface area (Å²) in [5.74, 6) is 0.678. The molecule has 0 unspecified atom stereocenters. The minimum Gasteiger partial charge on any atom is -0.268 e. The maximum atomic E-state index is 11.5. The van der Waals surface area contributed by atoms with Crippen LogP contribution >= 0.6 is 12.2 Å². The first-order chi connectivity index (χ1) is 10.5. The third kappa shape index (κ3) is 2.72. The van der Waals surface area contributed by atoms with E-state index in [-0.39, 0.29) is 4.90 Å². The average Bonchev–Trinajstić information content (AvgIpc) is 2.89. The fourth-order valence-corrected chi connectivity index (χ4v) is 3.03.